The van der Waals surface area contributed by atoms with E-state index < -0.39 is 0 Å². The maximum Gasteiger partial charge on any atom is 0.146 e. The third-order valence-electron chi connectivity index (χ3n) is 3.10. The first kappa shape index (κ1) is 10.5. The van der Waals surface area contributed by atoms with Crippen molar-refractivity contribution >= 4 is 21.7 Å². The van der Waals surface area contributed by atoms with Crippen molar-refractivity contribution in [2.75, 3.05) is 31.1 Å². The van der Waals surface area contributed by atoms with Crippen molar-refractivity contribution in [2.45, 2.75) is 18.8 Å². The van der Waals surface area contributed by atoms with Gasteiger partial charge in [0.25, 0.3) is 0 Å². The number of hydrogen-bond acceptors (Lipinski definition) is 4. The van der Waals surface area contributed by atoms with E-state index in [4.69, 9.17) is 4.98 Å². The number of halogens is 1. The summed E-state index contributed by atoms with van der Waals surface area (Å²) in [4.78, 5) is 11.4. The monoisotopic (exact) mass is 282 g/mol. The van der Waals surface area contributed by atoms with Crippen LogP contribution in [-0.4, -0.2) is 36.1 Å². The van der Waals surface area contributed by atoms with Crippen LogP contribution in [0, 0.1) is 0 Å². The molecule has 0 bridgehead atoms. The van der Waals surface area contributed by atoms with Crippen LogP contribution in [-0.2, 0) is 0 Å². The first-order valence-electron chi connectivity index (χ1n) is 5.83. The predicted octanol–water partition coefficient (Wildman–Crippen LogP) is 1.53. The van der Waals surface area contributed by atoms with Crippen LogP contribution in [0.3, 0.4) is 0 Å². The van der Waals surface area contributed by atoms with Gasteiger partial charge in [0.05, 0.1) is 4.47 Å². The van der Waals surface area contributed by atoms with Gasteiger partial charge in [-0.1, -0.05) is 0 Å². The molecule has 0 aromatic carbocycles. The van der Waals surface area contributed by atoms with Gasteiger partial charge in [0.1, 0.15) is 11.6 Å². The van der Waals surface area contributed by atoms with Crippen molar-refractivity contribution in [3.05, 3.63) is 16.5 Å². The summed E-state index contributed by atoms with van der Waals surface area (Å²) < 4.78 is 1.01. The molecule has 1 aromatic rings. The Morgan fingerprint density at radius 2 is 2.06 bits per heavy atom. The second kappa shape index (κ2) is 4.30. The zero-order valence-corrected chi connectivity index (χ0v) is 10.7. The number of aromatic nitrogens is 2. The Bertz CT molecular complexity index is 386. The molecule has 1 aliphatic heterocycles. The molecule has 86 valence electrons. The molecular weight excluding hydrogens is 268 g/mol. The number of piperazine rings is 1. The minimum atomic E-state index is 0.620. The molecule has 4 nitrogen and oxygen atoms in total. The molecule has 2 fully saturated rings. The lowest BCUT2D eigenvalue weighted by molar-refractivity contribution is 0.582. The number of nitrogens with one attached hydrogen (secondary N) is 1. The summed E-state index contributed by atoms with van der Waals surface area (Å²) in [5.74, 6) is 2.71. The van der Waals surface area contributed by atoms with E-state index in [1.54, 1.807) is 0 Å². The summed E-state index contributed by atoms with van der Waals surface area (Å²) in [6.45, 7) is 4.13. The Labute approximate surface area is 104 Å². The summed E-state index contributed by atoms with van der Waals surface area (Å²) in [5, 5.41) is 3.35. The summed E-state index contributed by atoms with van der Waals surface area (Å²) in [6, 6.07) is 0. The zero-order chi connectivity index (χ0) is 11.0. The third-order valence-corrected chi connectivity index (χ3v) is 3.66. The molecule has 3 rings (SSSR count). The average Bonchev–Trinajstić information content (AvgIpc) is 3.15. The van der Waals surface area contributed by atoms with Gasteiger partial charge in [0.15, 0.2) is 0 Å². The molecule has 0 radical (unpaired) electrons. The van der Waals surface area contributed by atoms with Gasteiger partial charge in [-0.3, -0.25) is 0 Å². The van der Waals surface area contributed by atoms with Crippen LogP contribution in [0.2, 0.25) is 0 Å². The number of hydrogen-bond donors (Lipinski definition) is 1. The fraction of sp³-hybridized carbons (Fsp3) is 0.636. The topological polar surface area (TPSA) is 41.1 Å². The van der Waals surface area contributed by atoms with E-state index in [0.717, 1.165) is 42.3 Å². The van der Waals surface area contributed by atoms with Gasteiger partial charge in [-0.25, -0.2) is 9.97 Å². The van der Waals surface area contributed by atoms with Crippen molar-refractivity contribution < 1.29 is 0 Å². The van der Waals surface area contributed by atoms with Crippen LogP contribution in [0.4, 0.5) is 5.82 Å². The molecule has 1 aliphatic carbocycles. The van der Waals surface area contributed by atoms with E-state index in [0.29, 0.717) is 5.92 Å². The van der Waals surface area contributed by atoms with Gasteiger partial charge in [0, 0.05) is 38.3 Å². The highest BCUT2D eigenvalue weighted by molar-refractivity contribution is 9.10. The van der Waals surface area contributed by atoms with Crippen molar-refractivity contribution in [3.63, 3.8) is 0 Å². The lowest BCUT2D eigenvalue weighted by atomic mass is 10.3. The Morgan fingerprint density at radius 1 is 1.31 bits per heavy atom. The van der Waals surface area contributed by atoms with E-state index in [1.807, 2.05) is 6.20 Å². The second-order valence-corrected chi connectivity index (χ2v) is 5.27. The lowest BCUT2D eigenvalue weighted by Gasteiger charge is -2.29. The molecule has 16 heavy (non-hydrogen) atoms. The lowest BCUT2D eigenvalue weighted by Crippen LogP contribution is -2.44. The molecular formula is C11H15BrN4. The summed E-state index contributed by atoms with van der Waals surface area (Å²) >= 11 is 3.55. The number of anilines is 1. The molecule has 0 spiro atoms. The molecule has 2 aliphatic rings. The molecule has 1 aromatic heterocycles. The molecule has 1 saturated carbocycles. The van der Waals surface area contributed by atoms with E-state index >= 15 is 0 Å². The molecule has 0 unspecified atom stereocenters. The van der Waals surface area contributed by atoms with Crippen LogP contribution in [0.25, 0.3) is 0 Å². The first-order valence-corrected chi connectivity index (χ1v) is 6.62. The maximum atomic E-state index is 4.70. The van der Waals surface area contributed by atoms with Crippen LogP contribution >= 0.6 is 15.9 Å². The molecule has 2 heterocycles. The van der Waals surface area contributed by atoms with Gasteiger partial charge in [-0.2, -0.15) is 0 Å². The largest absolute Gasteiger partial charge is 0.353 e. The van der Waals surface area contributed by atoms with Crippen LogP contribution in [0.1, 0.15) is 24.6 Å². The Kier molecular flexibility index (Phi) is 2.81. The van der Waals surface area contributed by atoms with Crippen molar-refractivity contribution in [2.24, 2.45) is 0 Å². The Balaban J connectivity index is 1.88. The van der Waals surface area contributed by atoms with Crippen molar-refractivity contribution in [1.29, 1.82) is 0 Å². The Hall–Kier alpha value is -0.680. The third kappa shape index (κ3) is 2.06. The highest BCUT2D eigenvalue weighted by Gasteiger charge is 2.28. The molecule has 5 heteroatoms. The normalized spacial score (nSPS) is 21.2. The van der Waals surface area contributed by atoms with E-state index in [2.05, 4.69) is 31.1 Å². The van der Waals surface area contributed by atoms with Gasteiger partial charge in [-0.05, 0) is 28.8 Å². The van der Waals surface area contributed by atoms with E-state index in [9.17, 15) is 0 Å². The van der Waals surface area contributed by atoms with Gasteiger partial charge in [0.2, 0.25) is 0 Å². The molecule has 0 amide bonds. The first-order chi connectivity index (χ1) is 7.84. The number of rotatable bonds is 2. The van der Waals surface area contributed by atoms with Crippen molar-refractivity contribution in [1.82, 2.24) is 15.3 Å². The van der Waals surface area contributed by atoms with E-state index in [1.165, 1.54) is 12.8 Å². The van der Waals surface area contributed by atoms with E-state index in [-0.39, 0.29) is 0 Å². The zero-order valence-electron chi connectivity index (χ0n) is 9.12. The summed E-state index contributed by atoms with van der Waals surface area (Å²) in [5.41, 5.74) is 0. The average molecular weight is 283 g/mol. The fourth-order valence-corrected chi connectivity index (χ4v) is 2.45. The highest BCUT2D eigenvalue weighted by Crippen LogP contribution is 2.39. The van der Waals surface area contributed by atoms with Crippen LogP contribution < -0.4 is 10.2 Å². The van der Waals surface area contributed by atoms with Gasteiger partial charge in [-0.15, -0.1) is 0 Å². The second-order valence-electron chi connectivity index (χ2n) is 4.41. The van der Waals surface area contributed by atoms with Crippen LogP contribution in [0.15, 0.2) is 10.7 Å². The standard InChI is InChI=1S/C11H15BrN4/c12-9-7-14-10(8-1-2-8)15-11(9)16-5-3-13-4-6-16/h7-8,13H,1-6H2. The highest BCUT2D eigenvalue weighted by atomic mass is 79.9. The van der Waals surface area contributed by atoms with Crippen LogP contribution in [0.5, 0.6) is 0 Å². The van der Waals surface area contributed by atoms with Crippen molar-refractivity contribution in [3.8, 4) is 0 Å². The number of nitrogens with zero attached hydrogens (tertiary/aromatic N) is 3. The van der Waals surface area contributed by atoms with Gasteiger partial charge < -0.3 is 10.2 Å². The minimum absolute atomic E-state index is 0.620. The fourth-order valence-electron chi connectivity index (χ4n) is 2.01. The SMILES string of the molecule is Brc1cnc(C2CC2)nc1N1CCNCC1. The molecule has 1 N–H and O–H groups in total. The summed E-state index contributed by atoms with van der Waals surface area (Å²) in [6.07, 6.45) is 4.41. The smallest absolute Gasteiger partial charge is 0.146 e. The molecule has 1 saturated heterocycles. The maximum absolute atomic E-state index is 4.70. The Morgan fingerprint density at radius 3 is 2.75 bits per heavy atom. The minimum Gasteiger partial charge on any atom is -0.353 e. The predicted molar refractivity (Wildman–Crippen MR) is 66.8 cm³/mol. The quantitative estimate of drug-likeness (QED) is 0.893. The summed E-state index contributed by atoms with van der Waals surface area (Å²) in [7, 11) is 0. The van der Waals surface area contributed by atoms with Gasteiger partial charge >= 0.3 is 0 Å². The molecule has 0 atom stereocenters.